The Labute approximate surface area is 151 Å². The summed E-state index contributed by atoms with van der Waals surface area (Å²) in [6, 6.07) is 11.9. The summed E-state index contributed by atoms with van der Waals surface area (Å²) in [7, 11) is 0. The van der Waals surface area contributed by atoms with Crippen molar-refractivity contribution in [3.8, 4) is 6.07 Å². The molecule has 0 aromatic carbocycles. The summed E-state index contributed by atoms with van der Waals surface area (Å²) in [5, 5.41) is 19.0. The Morgan fingerprint density at radius 1 is 1.27 bits per heavy atom. The van der Waals surface area contributed by atoms with E-state index in [4.69, 9.17) is 10.2 Å². The molecular weight excluding hydrogens is 326 g/mol. The normalized spacial score (nSPS) is 17.1. The van der Waals surface area contributed by atoms with Gasteiger partial charge in [-0.2, -0.15) is 10.4 Å². The SMILES string of the molecule is N#Cc1ccc(Nc2cccc([C@@H]3CCCN3Cc3cn[nH]c3)n2)cn1. The van der Waals surface area contributed by atoms with Crippen molar-refractivity contribution in [3.05, 3.63) is 65.9 Å². The van der Waals surface area contributed by atoms with E-state index in [-0.39, 0.29) is 0 Å². The molecule has 1 atom stereocenters. The van der Waals surface area contributed by atoms with Crippen LogP contribution in [0.25, 0.3) is 0 Å². The summed E-state index contributed by atoms with van der Waals surface area (Å²) >= 11 is 0. The molecule has 1 fully saturated rings. The predicted molar refractivity (Wildman–Crippen MR) is 97.4 cm³/mol. The van der Waals surface area contributed by atoms with E-state index >= 15 is 0 Å². The molecule has 26 heavy (non-hydrogen) atoms. The highest BCUT2D eigenvalue weighted by atomic mass is 15.2. The third kappa shape index (κ3) is 3.55. The van der Waals surface area contributed by atoms with Gasteiger partial charge in [-0.15, -0.1) is 0 Å². The molecule has 7 nitrogen and oxygen atoms in total. The standard InChI is InChI=1S/C19H19N7/c20-9-15-6-7-16(12-21-15)24-19-5-1-3-17(25-19)18-4-2-8-26(18)13-14-10-22-23-11-14/h1,3,5-7,10-12,18H,2,4,8,13H2,(H,22,23)(H,24,25)/t18-/m0/s1. The zero-order valence-electron chi connectivity index (χ0n) is 14.3. The summed E-state index contributed by atoms with van der Waals surface area (Å²) in [5.41, 5.74) is 3.47. The van der Waals surface area contributed by atoms with Gasteiger partial charge in [0.05, 0.1) is 29.8 Å². The lowest BCUT2D eigenvalue weighted by Crippen LogP contribution is -2.23. The molecule has 4 rings (SSSR count). The lowest BCUT2D eigenvalue weighted by Gasteiger charge is -2.23. The Morgan fingerprint density at radius 2 is 2.23 bits per heavy atom. The number of nitrogens with one attached hydrogen (secondary N) is 2. The van der Waals surface area contributed by atoms with Crippen LogP contribution in [0.2, 0.25) is 0 Å². The van der Waals surface area contributed by atoms with Gasteiger partial charge in [0, 0.05) is 18.3 Å². The van der Waals surface area contributed by atoms with Crippen LogP contribution in [-0.4, -0.2) is 31.6 Å². The fourth-order valence-electron chi connectivity index (χ4n) is 3.34. The lowest BCUT2D eigenvalue weighted by molar-refractivity contribution is 0.244. The molecule has 1 saturated heterocycles. The van der Waals surface area contributed by atoms with Gasteiger partial charge < -0.3 is 5.32 Å². The maximum atomic E-state index is 8.84. The molecular formula is C19H19N7. The highest BCUT2D eigenvalue weighted by molar-refractivity contribution is 5.55. The second-order valence-corrected chi connectivity index (χ2v) is 6.35. The highest BCUT2D eigenvalue weighted by Gasteiger charge is 2.27. The topological polar surface area (TPSA) is 93.5 Å². The fourth-order valence-corrected chi connectivity index (χ4v) is 3.34. The number of rotatable bonds is 5. The summed E-state index contributed by atoms with van der Waals surface area (Å²) in [5.74, 6) is 0.782. The van der Waals surface area contributed by atoms with Crippen LogP contribution >= 0.6 is 0 Å². The minimum absolute atomic E-state index is 0.311. The molecule has 0 bridgehead atoms. The van der Waals surface area contributed by atoms with Gasteiger partial charge in [0.15, 0.2) is 0 Å². The number of H-pyrrole nitrogens is 1. The zero-order chi connectivity index (χ0) is 17.8. The van der Waals surface area contributed by atoms with Gasteiger partial charge in [0.1, 0.15) is 17.6 Å². The molecule has 4 heterocycles. The Hall–Kier alpha value is -3.24. The molecule has 1 aliphatic heterocycles. The number of anilines is 2. The molecule has 0 radical (unpaired) electrons. The first-order valence-corrected chi connectivity index (χ1v) is 8.63. The molecule has 7 heteroatoms. The van der Waals surface area contributed by atoms with Crippen molar-refractivity contribution in [1.29, 1.82) is 5.26 Å². The molecule has 0 spiro atoms. The highest BCUT2D eigenvalue weighted by Crippen LogP contribution is 2.32. The van der Waals surface area contributed by atoms with Crippen molar-refractivity contribution in [3.63, 3.8) is 0 Å². The van der Waals surface area contributed by atoms with Gasteiger partial charge in [0.25, 0.3) is 0 Å². The fraction of sp³-hybridized carbons (Fsp3) is 0.263. The van der Waals surface area contributed by atoms with Crippen LogP contribution < -0.4 is 5.32 Å². The molecule has 1 aliphatic rings. The van der Waals surface area contributed by atoms with Gasteiger partial charge >= 0.3 is 0 Å². The minimum Gasteiger partial charge on any atom is -0.339 e. The molecule has 0 saturated carbocycles. The zero-order valence-corrected chi connectivity index (χ0v) is 14.3. The second-order valence-electron chi connectivity index (χ2n) is 6.35. The number of hydrogen-bond acceptors (Lipinski definition) is 6. The third-order valence-corrected chi connectivity index (χ3v) is 4.57. The van der Waals surface area contributed by atoms with Crippen molar-refractivity contribution >= 4 is 11.5 Å². The van der Waals surface area contributed by atoms with Crippen molar-refractivity contribution in [2.45, 2.75) is 25.4 Å². The van der Waals surface area contributed by atoms with Crippen molar-refractivity contribution in [2.75, 3.05) is 11.9 Å². The van der Waals surface area contributed by atoms with Crippen LogP contribution in [0.3, 0.4) is 0 Å². The lowest BCUT2D eigenvalue weighted by atomic mass is 10.1. The first kappa shape index (κ1) is 16.2. The van der Waals surface area contributed by atoms with E-state index in [1.165, 1.54) is 12.0 Å². The van der Waals surface area contributed by atoms with E-state index in [2.05, 4.69) is 31.5 Å². The molecule has 3 aromatic rings. The smallest absolute Gasteiger partial charge is 0.140 e. The van der Waals surface area contributed by atoms with E-state index in [1.54, 1.807) is 12.3 Å². The van der Waals surface area contributed by atoms with Crippen LogP contribution in [0.15, 0.2) is 48.9 Å². The Kier molecular flexibility index (Phi) is 4.58. The predicted octanol–water partition coefficient (Wildman–Crippen LogP) is 3.15. The van der Waals surface area contributed by atoms with E-state index in [0.717, 1.165) is 36.7 Å². The molecule has 0 amide bonds. The Morgan fingerprint density at radius 3 is 3.00 bits per heavy atom. The van der Waals surface area contributed by atoms with E-state index in [9.17, 15) is 0 Å². The van der Waals surface area contributed by atoms with Gasteiger partial charge in [-0.1, -0.05) is 6.07 Å². The number of aromatic amines is 1. The molecule has 0 unspecified atom stereocenters. The average Bonchev–Trinajstić information content (AvgIpc) is 3.35. The van der Waals surface area contributed by atoms with Crippen molar-refractivity contribution < 1.29 is 0 Å². The van der Waals surface area contributed by atoms with Crippen LogP contribution in [0.1, 0.15) is 35.8 Å². The summed E-state index contributed by atoms with van der Waals surface area (Å²) in [6.45, 7) is 1.94. The number of pyridine rings is 2. The molecule has 3 aromatic heterocycles. The van der Waals surface area contributed by atoms with Crippen LogP contribution in [-0.2, 0) is 6.54 Å². The quantitative estimate of drug-likeness (QED) is 0.738. The van der Waals surface area contributed by atoms with Gasteiger partial charge in [-0.05, 0) is 43.7 Å². The number of nitriles is 1. The van der Waals surface area contributed by atoms with Gasteiger partial charge in [-0.3, -0.25) is 10.00 Å². The van der Waals surface area contributed by atoms with Crippen molar-refractivity contribution in [1.82, 2.24) is 25.1 Å². The van der Waals surface area contributed by atoms with Gasteiger partial charge in [-0.25, -0.2) is 9.97 Å². The number of nitrogens with zero attached hydrogens (tertiary/aromatic N) is 5. The largest absolute Gasteiger partial charge is 0.339 e. The second kappa shape index (κ2) is 7.33. The summed E-state index contributed by atoms with van der Waals surface area (Å²) < 4.78 is 0. The summed E-state index contributed by atoms with van der Waals surface area (Å²) in [4.78, 5) is 11.3. The molecule has 2 N–H and O–H groups in total. The van der Waals surface area contributed by atoms with Gasteiger partial charge in [0.2, 0.25) is 0 Å². The number of likely N-dealkylation sites (tertiary alicyclic amines) is 1. The Bertz CT molecular complexity index is 896. The van der Waals surface area contributed by atoms with Crippen LogP contribution in [0.5, 0.6) is 0 Å². The molecule has 0 aliphatic carbocycles. The average molecular weight is 345 g/mol. The Balaban J connectivity index is 1.50. The van der Waals surface area contributed by atoms with E-state index in [0.29, 0.717) is 11.7 Å². The first-order valence-electron chi connectivity index (χ1n) is 8.63. The van der Waals surface area contributed by atoms with Crippen LogP contribution in [0.4, 0.5) is 11.5 Å². The monoisotopic (exact) mass is 345 g/mol. The first-order chi connectivity index (χ1) is 12.8. The molecule has 130 valence electrons. The maximum absolute atomic E-state index is 8.84. The number of hydrogen-bond donors (Lipinski definition) is 2. The van der Waals surface area contributed by atoms with E-state index in [1.807, 2.05) is 36.7 Å². The van der Waals surface area contributed by atoms with Crippen LogP contribution in [0, 0.1) is 11.3 Å². The maximum Gasteiger partial charge on any atom is 0.140 e. The van der Waals surface area contributed by atoms with E-state index < -0.39 is 0 Å². The summed E-state index contributed by atoms with van der Waals surface area (Å²) in [6.07, 6.45) is 7.74. The third-order valence-electron chi connectivity index (χ3n) is 4.57. The number of aromatic nitrogens is 4. The minimum atomic E-state index is 0.311. The van der Waals surface area contributed by atoms with Crippen molar-refractivity contribution in [2.24, 2.45) is 0 Å².